The van der Waals surface area contributed by atoms with E-state index in [0.717, 1.165) is 44.0 Å². The molecule has 2 aliphatic rings. The highest BCUT2D eigenvalue weighted by molar-refractivity contribution is 5.94. The number of aryl methyl sites for hydroxylation is 1. The van der Waals surface area contributed by atoms with Crippen LogP contribution in [0.5, 0.6) is 0 Å². The molecule has 7 nitrogen and oxygen atoms in total. The Bertz CT molecular complexity index is 857. The molecular weight excluding hydrogens is 373 g/mol. The second-order valence-corrected chi connectivity index (χ2v) is 8.23. The number of methoxy groups -OCH3 is 1. The van der Waals surface area contributed by atoms with Gasteiger partial charge >= 0.3 is 0 Å². The molecule has 0 bridgehead atoms. The Morgan fingerprint density at radius 1 is 1.28 bits per heavy atom. The van der Waals surface area contributed by atoms with E-state index in [-0.39, 0.29) is 18.1 Å². The zero-order chi connectivity index (χ0) is 20.4. The molecule has 1 aliphatic carbocycles. The lowest BCUT2D eigenvalue weighted by Gasteiger charge is -2.36. The second-order valence-electron chi connectivity index (χ2n) is 8.23. The van der Waals surface area contributed by atoms with Crippen LogP contribution in [-0.4, -0.2) is 57.1 Å². The molecule has 8 heteroatoms. The minimum atomic E-state index is -0.489. The first-order valence-corrected chi connectivity index (χ1v) is 10.4. The number of amides is 1. The van der Waals surface area contributed by atoms with Crippen molar-refractivity contribution in [2.75, 3.05) is 20.2 Å². The van der Waals surface area contributed by atoms with Crippen molar-refractivity contribution in [3.63, 3.8) is 0 Å². The summed E-state index contributed by atoms with van der Waals surface area (Å²) in [5, 5.41) is 8.70. The number of rotatable bonds is 6. The lowest BCUT2D eigenvalue weighted by Crippen LogP contribution is -2.37. The number of unbranched alkanes of at least 4 members (excludes halogenated alkanes) is 1. The molecule has 3 heterocycles. The molecule has 1 amide bonds. The SMILES string of the molecule is CCCCc1cn([C@@H]2C[C@@H]3CN(C(=O)c4cncc(F)c4)C[C@@H]3C[C@H]2OC)nn1. The number of halogens is 1. The average molecular weight is 401 g/mol. The van der Waals surface area contributed by atoms with Crippen molar-refractivity contribution in [2.24, 2.45) is 11.8 Å². The zero-order valence-corrected chi connectivity index (χ0v) is 17.0. The van der Waals surface area contributed by atoms with E-state index in [0.29, 0.717) is 30.5 Å². The topological polar surface area (TPSA) is 73.1 Å². The van der Waals surface area contributed by atoms with E-state index < -0.39 is 5.82 Å². The quantitative estimate of drug-likeness (QED) is 0.744. The van der Waals surface area contributed by atoms with Crippen molar-refractivity contribution < 1.29 is 13.9 Å². The lowest BCUT2D eigenvalue weighted by atomic mass is 9.77. The number of likely N-dealkylation sites (tertiary alicyclic amines) is 1. The van der Waals surface area contributed by atoms with Gasteiger partial charge in [0.25, 0.3) is 5.91 Å². The number of hydrogen-bond donors (Lipinski definition) is 0. The third kappa shape index (κ3) is 4.17. The van der Waals surface area contributed by atoms with E-state index in [9.17, 15) is 9.18 Å². The molecule has 1 saturated heterocycles. The predicted octanol–water partition coefficient (Wildman–Crippen LogP) is 2.89. The minimum absolute atomic E-state index is 0.0443. The number of hydrogen-bond acceptors (Lipinski definition) is 5. The van der Waals surface area contributed by atoms with Crippen LogP contribution in [0.4, 0.5) is 4.39 Å². The van der Waals surface area contributed by atoms with Crippen LogP contribution in [0.3, 0.4) is 0 Å². The van der Waals surface area contributed by atoms with Gasteiger partial charge in [-0.3, -0.25) is 9.78 Å². The number of ether oxygens (including phenoxy) is 1. The molecular formula is C21H28FN5O2. The molecule has 29 heavy (non-hydrogen) atoms. The Hall–Kier alpha value is -2.35. The van der Waals surface area contributed by atoms with Crippen molar-refractivity contribution in [1.29, 1.82) is 0 Å². The fraction of sp³-hybridized carbons (Fsp3) is 0.619. The summed E-state index contributed by atoms with van der Waals surface area (Å²) in [4.78, 5) is 18.4. The number of carbonyl (C=O) groups excluding carboxylic acids is 1. The number of pyridine rings is 1. The van der Waals surface area contributed by atoms with Gasteiger partial charge in [0, 0.05) is 32.6 Å². The highest BCUT2D eigenvalue weighted by atomic mass is 19.1. The van der Waals surface area contributed by atoms with Gasteiger partial charge < -0.3 is 9.64 Å². The standard InChI is InChI=1S/C21H28FN5O2/c1-3-4-5-18-13-27(25-24-18)19-7-15-11-26(12-16(15)8-20(19)29-2)21(28)14-6-17(22)10-23-9-14/h6,9-10,13,15-16,19-20H,3-5,7-8,11-12H2,1-2H3/t15-,16+,19-,20-/m1/s1. The maximum Gasteiger partial charge on any atom is 0.255 e. The number of carbonyl (C=O) groups is 1. The van der Waals surface area contributed by atoms with Crippen LogP contribution >= 0.6 is 0 Å². The monoisotopic (exact) mass is 401 g/mol. The molecule has 2 aromatic rings. The summed E-state index contributed by atoms with van der Waals surface area (Å²) in [7, 11) is 1.74. The van der Waals surface area contributed by atoms with Crippen LogP contribution < -0.4 is 0 Å². The van der Waals surface area contributed by atoms with Crippen LogP contribution in [0, 0.1) is 17.7 Å². The van der Waals surface area contributed by atoms with Gasteiger partial charge in [0.1, 0.15) is 5.82 Å². The molecule has 0 N–H and O–H groups in total. The van der Waals surface area contributed by atoms with Crippen LogP contribution in [0.15, 0.2) is 24.7 Å². The number of nitrogens with zero attached hydrogens (tertiary/aromatic N) is 5. The largest absolute Gasteiger partial charge is 0.379 e. The lowest BCUT2D eigenvalue weighted by molar-refractivity contribution is -0.00546. The molecule has 2 fully saturated rings. The smallest absolute Gasteiger partial charge is 0.255 e. The van der Waals surface area contributed by atoms with E-state index in [1.54, 1.807) is 7.11 Å². The van der Waals surface area contributed by atoms with E-state index in [4.69, 9.17) is 4.74 Å². The van der Waals surface area contributed by atoms with Crippen molar-refractivity contribution in [3.05, 3.63) is 41.7 Å². The first-order chi connectivity index (χ1) is 14.1. The maximum absolute atomic E-state index is 13.5. The molecule has 1 aliphatic heterocycles. The van der Waals surface area contributed by atoms with E-state index in [1.807, 2.05) is 15.8 Å². The fourth-order valence-corrected chi connectivity index (χ4v) is 4.75. The summed E-state index contributed by atoms with van der Waals surface area (Å²) >= 11 is 0. The van der Waals surface area contributed by atoms with Gasteiger partial charge in [-0.1, -0.05) is 18.6 Å². The Balaban J connectivity index is 1.46. The summed E-state index contributed by atoms with van der Waals surface area (Å²) < 4.78 is 21.2. The molecule has 0 spiro atoms. The summed E-state index contributed by atoms with van der Waals surface area (Å²) in [6.45, 7) is 3.51. The molecule has 4 rings (SSSR count). The Labute approximate surface area is 170 Å². The van der Waals surface area contributed by atoms with Gasteiger partial charge in [0.05, 0.1) is 29.6 Å². The van der Waals surface area contributed by atoms with Crippen molar-refractivity contribution in [1.82, 2.24) is 24.9 Å². The number of fused-ring (bicyclic) bond motifs is 1. The first-order valence-electron chi connectivity index (χ1n) is 10.4. The third-order valence-electron chi connectivity index (χ3n) is 6.31. The molecule has 1 saturated carbocycles. The predicted molar refractivity (Wildman–Crippen MR) is 105 cm³/mol. The summed E-state index contributed by atoms with van der Waals surface area (Å²) in [6, 6.07) is 1.38. The normalized spacial score (nSPS) is 26.5. The third-order valence-corrected chi connectivity index (χ3v) is 6.31. The molecule has 2 aromatic heterocycles. The fourth-order valence-electron chi connectivity index (χ4n) is 4.75. The van der Waals surface area contributed by atoms with Crippen LogP contribution in [-0.2, 0) is 11.2 Å². The highest BCUT2D eigenvalue weighted by Gasteiger charge is 2.44. The summed E-state index contributed by atoms with van der Waals surface area (Å²) in [5.74, 6) is 0.112. The Morgan fingerprint density at radius 3 is 2.79 bits per heavy atom. The van der Waals surface area contributed by atoms with Gasteiger partial charge in [-0.2, -0.15) is 0 Å². The molecule has 0 aromatic carbocycles. The van der Waals surface area contributed by atoms with Gasteiger partial charge in [0.15, 0.2) is 0 Å². The van der Waals surface area contributed by atoms with Gasteiger partial charge in [-0.25, -0.2) is 9.07 Å². The second kappa shape index (κ2) is 8.57. The molecule has 0 radical (unpaired) electrons. The number of aromatic nitrogens is 4. The molecule has 156 valence electrons. The maximum atomic E-state index is 13.5. The summed E-state index contributed by atoms with van der Waals surface area (Å²) in [6.07, 6.45) is 9.58. The van der Waals surface area contributed by atoms with Gasteiger partial charge in [0.2, 0.25) is 0 Å². The van der Waals surface area contributed by atoms with Crippen LogP contribution in [0.1, 0.15) is 54.7 Å². The first kappa shape index (κ1) is 19.9. The Morgan fingerprint density at radius 2 is 2.07 bits per heavy atom. The average Bonchev–Trinajstić information content (AvgIpc) is 3.37. The zero-order valence-electron chi connectivity index (χ0n) is 17.0. The van der Waals surface area contributed by atoms with Gasteiger partial charge in [-0.15, -0.1) is 5.10 Å². The Kier molecular flexibility index (Phi) is 5.89. The highest BCUT2D eigenvalue weighted by Crippen LogP contribution is 2.42. The molecule has 4 atom stereocenters. The van der Waals surface area contributed by atoms with Crippen LogP contribution in [0.2, 0.25) is 0 Å². The minimum Gasteiger partial charge on any atom is -0.379 e. The van der Waals surface area contributed by atoms with E-state index in [2.05, 4.69) is 22.2 Å². The summed E-state index contributed by atoms with van der Waals surface area (Å²) in [5.41, 5.74) is 1.32. The van der Waals surface area contributed by atoms with Crippen LogP contribution in [0.25, 0.3) is 0 Å². The van der Waals surface area contributed by atoms with E-state index in [1.165, 1.54) is 12.3 Å². The van der Waals surface area contributed by atoms with Gasteiger partial charge in [-0.05, 0) is 43.6 Å². The van der Waals surface area contributed by atoms with Crippen molar-refractivity contribution in [2.45, 2.75) is 51.2 Å². The van der Waals surface area contributed by atoms with E-state index >= 15 is 0 Å². The molecule has 0 unspecified atom stereocenters. The van der Waals surface area contributed by atoms with Crippen molar-refractivity contribution in [3.8, 4) is 0 Å². The van der Waals surface area contributed by atoms with Crippen molar-refractivity contribution >= 4 is 5.91 Å².